The number of carbonyl (C=O) groups excluding carboxylic acids is 1. The van der Waals surface area contributed by atoms with Gasteiger partial charge in [-0.3, -0.25) is 9.69 Å². The van der Waals surface area contributed by atoms with Crippen LogP contribution in [0.25, 0.3) is 12.2 Å². The van der Waals surface area contributed by atoms with Gasteiger partial charge in [-0.25, -0.2) is 4.98 Å². The van der Waals surface area contributed by atoms with Crippen molar-refractivity contribution in [1.29, 1.82) is 0 Å². The van der Waals surface area contributed by atoms with Crippen molar-refractivity contribution >= 4 is 18.1 Å². The van der Waals surface area contributed by atoms with Gasteiger partial charge in [0.2, 0.25) is 11.8 Å². The number of benzene rings is 3. The summed E-state index contributed by atoms with van der Waals surface area (Å²) in [7, 11) is 3.34. The van der Waals surface area contributed by atoms with E-state index in [1.807, 2.05) is 73.4 Å². The smallest absolute Gasteiger partial charge is 0.246 e. The van der Waals surface area contributed by atoms with Gasteiger partial charge in [-0.15, -0.1) is 0 Å². The maximum atomic E-state index is 13.0. The molecule has 4 aromatic rings. The van der Waals surface area contributed by atoms with Crippen molar-refractivity contribution in [3.63, 3.8) is 0 Å². The molecule has 0 aliphatic carbocycles. The predicted molar refractivity (Wildman–Crippen MR) is 186 cm³/mol. The SMILES string of the molecule is COCC=Cc1ccc(CN2CCN(C(=O)/C=C/c3cc(C)c(Oc4ccc(OCc5ccc(OC)cc5)cn4)c(C)c3)CC2)cc1. The highest BCUT2D eigenvalue weighted by Crippen LogP contribution is 2.30. The lowest BCUT2D eigenvalue weighted by atomic mass is 10.1. The molecule has 0 spiro atoms. The van der Waals surface area contributed by atoms with Gasteiger partial charge >= 0.3 is 0 Å². The third-order valence-electron chi connectivity index (χ3n) is 8.02. The Hall–Kier alpha value is -4.92. The molecule has 8 heteroatoms. The van der Waals surface area contributed by atoms with Gasteiger partial charge in [-0.2, -0.15) is 0 Å². The highest BCUT2D eigenvalue weighted by Gasteiger charge is 2.20. The van der Waals surface area contributed by atoms with Crippen molar-refractivity contribution in [2.75, 3.05) is 47.0 Å². The van der Waals surface area contributed by atoms with E-state index >= 15 is 0 Å². The zero-order chi connectivity index (χ0) is 33.0. The molecule has 3 aromatic carbocycles. The molecule has 1 aliphatic rings. The molecule has 0 N–H and O–H groups in total. The Bertz CT molecular complexity index is 1630. The minimum Gasteiger partial charge on any atom is -0.497 e. The molecule has 0 radical (unpaired) electrons. The van der Waals surface area contributed by atoms with Crippen molar-refractivity contribution in [2.45, 2.75) is 27.0 Å². The monoisotopic (exact) mass is 633 g/mol. The summed E-state index contributed by atoms with van der Waals surface area (Å²) in [4.78, 5) is 21.7. The van der Waals surface area contributed by atoms with Crippen LogP contribution in [0.1, 0.15) is 33.4 Å². The normalized spacial score (nSPS) is 13.7. The first-order valence-corrected chi connectivity index (χ1v) is 15.8. The quantitative estimate of drug-likeness (QED) is 0.146. The van der Waals surface area contributed by atoms with E-state index in [0.29, 0.717) is 37.9 Å². The van der Waals surface area contributed by atoms with Gasteiger partial charge in [0, 0.05) is 52.0 Å². The molecule has 0 unspecified atom stereocenters. The first kappa shape index (κ1) is 33.4. The molecular weight excluding hydrogens is 590 g/mol. The fourth-order valence-corrected chi connectivity index (χ4v) is 5.42. The van der Waals surface area contributed by atoms with E-state index in [-0.39, 0.29) is 5.91 Å². The minimum absolute atomic E-state index is 0.0333. The maximum Gasteiger partial charge on any atom is 0.246 e. The second-order valence-electron chi connectivity index (χ2n) is 11.6. The van der Waals surface area contributed by atoms with E-state index in [1.54, 1.807) is 32.6 Å². The second kappa shape index (κ2) is 16.6. The average Bonchev–Trinajstić information content (AvgIpc) is 3.10. The van der Waals surface area contributed by atoms with Crippen molar-refractivity contribution in [2.24, 2.45) is 0 Å². The number of piperazine rings is 1. The van der Waals surface area contributed by atoms with E-state index in [1.165, 1.54) is 5.56 Å². The van der Waals surface area contributed by atoms with Gasteiger partial charge < -0.3 is 23.8 Å². The number of amides is 1. The molecule has 1 amide bonds. The summed E-state index contributed by atoms with van der Waals surface area (Å²) in [5.41, 5.74) is 6.36. The second-order valence-corrected chi connectivity index (χ2v) is 11.6. The molecule has 8 nitrogen and oxygen atoms in total. The van der Waals surface area contributed by atoms with Crippen molar-refractivity contribution in [1.82, 2.24) is 14.8 Å². The number of ether oxygens (including phenoxy) is 4. The molecule has 1 aromatic heterocycles. The van der Waals surface area contributed by atoms with Gasteiger partial charge in [0.15, 0.2) is 0 Å². The van der Waals surface area contributed by atoms with Crippen LogP contribution in [-0.2, 0) is 22.7 Å². The van der Waals surface area contributed by atoms with Crippen LogP contribution in [0.3, 0.4) is 0 Å². The minimum atomic E-state index is 0.0333. The lowest BCUT2D eigenvalue weighted by Gasteiger charge is -2.34. The molecule has 0 bridgehead atoms. The summed E-state index contributed by atoms with van der Waals surface area (Å²) in [5, 5.41) is 0. The van der Waals surface area contributed by atoms with Crippen molar-refractivity contribution in [3.8, 4) is 23.1 Å². The van der Waals surface area contributed by atoms with Crippen LogP contribution in [0, 0.1) is 13.8 Å². The molecule has 244 valence electrons. The van der Waals surface area contributed by atoms with Crippen LogP contribution in [0.4, 0.5) is 0 Å². The van der Waals surface area contributed by atoms with Crippen LogP contribution in [0.5, 0.6) is 23.1 Å². The number of hydrogen-bond donors (Lipinski definition) is 0. The third kappa shape index (κ3) is 9.78. The van der Waals surface area contributed by atoms with Gasteiger partial charge in [0.1, 0.15) is 23.9 Å². The van der Waals surface area contributed by atoms with Crippen LogP contribution in [0.15, 0.2) is 91.1 Å². The van der Waals surface area contributed by atoms with Crippen molar-refractivity contribution in [3.05, 3.63) is 125 Å². The molecule has 0 saturated carbocycles. The van der Waals surface area contributed by atoms with Crippen LogP contribution in [-0.4, -0.2) is 67.7 Å². The summed E-state index contributed by atoms with van der Waals surface area (Å²) in [6.45, 7) is 9.05. The number of pyridine rings is 1. The van der Waals surface area contributed by atoms with Crippen molar-refractivity contribution < 1.29 is 23.7 Å². The summed E-state index contributed by atoms with van der Waals surface area (Å²) >= 11 is 0. The standard InChI is InChI=1S/C39H43N3O5/c1-29-24-34(13-18-38(43)42-21-19-41(20-22-42)27-32-9-7-31(8-10-32)6-5-23-44-3)25-30(2)39(29)47-37-17-16-36(26-40-37)46-28-33-11-14-35(45-4)15-12-33/h5-18,24-26H,19-23,27-28H2,1-4H3/b6-5?,18-13+. The summed E-state index contributed by atoms with van der Waals surface area (Å²) in [6, 6.07) is 24.0. The average molecular weight is 634 g/mol. The molecule has 1 aliphatic heterocycles. The number of nitrogens with zero attached hydrogens (tertiary/aromatic N) is 3. The van der Waals surface area contributed by atoms with E-state index in [2.05, 4.69) is 40.2 Å². The first-order valence-electron chi connectivity index (χ1n) is 15.8. The Kier molecular flexibility index (Phi) is 11.8. The first-order chi connectivity index (χ1) is 22.9. The lowest BCUT2D eigenvalue weighted by molar-refractivity contribution is -0.127. The Balaban J connectivity index is 1.09. The number of methoxy groups -OCH3 is 2. The van der Waals surface area contributed by atoms with Crippen LogP contribution < -0.4 is 14.2 Å². The van der Waals surface area contributed by atoms with Gasteiger partial charge in [-0.05, 0) is 83.6 Å². The Morgan fingerprint density at radius 3 is 2.13 bits per heavy atom. The number of carbonyl (C=O) groups is 1. The van der Waals surface area contributed by atoms with E-state index < -0.39 is 0 Å². The fraction of sp³-hybridized carbons (Fsp3) is 0.282. The van der Waals surface area contributed by atoms with Gasteiger partial charge in [0.05, 0.1) is 19.9 Å². The molecule has 47 heavy (non-hydrogen) atoms. The Morgan fingerprint density at radius 2 is 1.49 bits per heavy atom. The number of aryl methyl sites for hydroxylation is 2. The molecule has 2 heterocycles. The topological polar surface area (TPSA) is 73.4 Å². The number of rotatable bonds is 13. The summed E-state index contributed by atoms with van der Waals surface area (Å²) in [5.74, 6) is 2.74. The highest BCUT2D eigenvalue weighted by molar-refractivity contribution is 5.92. The van der Waals surface area contributed by atoms with Crippen LogP contribution >= 0.6 is 0 Å². The lowest BCUT2D eigenvalue weighted by Crippen LogP contribution is -2.47. The van der Waals surface area contributed by atoms with Gasteiger partial charge in [0.25, 0.3) is 0 Å². The fourth-order valence-electron chi connectivity index (χ4n) is 5.42. The number of hydrogen-bond acceptors (Lipinski definition) is 7. The van der Waals surface area contributed by atoms with E-state index in [0.717, 1.165) is 59.0 Å². The summed E-state index contributed by atoms with van der Waals surface area (Å²) < 4.78 is 22.3. The largest absolute Gasteiger partial charge is 0.497 e. The molecular formula is C39H43N3O5. The zero-order valence-corrected chi connectivity index (χ0v) is 27.6. The third-order valence-corrected chi connectivity index (χ3v) is 8.02. The highest BCUT2D eigenvalue weighted by atomic mass is 16.5. The molecule has 1 fully saturated rings. The maximum absolute atomic E-state index is 13.0. The molecule has 1 saturated heterocycles. The Morgan fingerprint density at radius 1 is 0.809 bits per heavy atom. The van der Waals surface area contributed by atoms with E-state index in [9.17, 15) is 4.79 Å². The molecule has 0 atom stereocenters. The predicted octanol–water partition coefficient (Wildman–Crippen LogP) is 7.10. The van der Waals surface area contributed by atoms with Crippen LogP contribution in [0.2, 0.25) is 0 Å². The number of aromatic nitrogens is 1. The molecule has 5 rings (SSSR count). The Labute approximate surface area is 277 Å². The zero-order valence-electron chi connectivity index (χ0n) is 27.6. The summed E-state index contributed by atoms with van der Waals surface area (Å²) in [6.07, 6.45) is 9.29. The van der Waals surface area contributed by atoms with Gasteiger partial charge in [-0.1, -0.05) is 48.6 Å². The van der Waals surface area contributed by atoms with E-state index in [4.69, 9.17) is 18.9 Å².